The maximum absolute atomic E-state index is 11.6. The van der Waals surface area contributed by atoms with Gasteiger partial charge in [0.25, 0.3) is 0 Å². The fourth-order valence-electron chi connectivity index (χ4n) is 1.43. The molecule has 0 radical (unpaired) electrons. The van der Waals surface area contributed by atoms with Gasteiger partial charge in [0.05, 0.1) is 24.9 Å². The van der Waals surface area contributed by atoms with Gasteiger partial charge >= 0.3 is 5.97 Å². The Kier molecular flexibility index (Phi) is 4.40. The highest BCUT2D eigenvalue weighted by Gasteiger charge is 2.21. The van der Waals surface area contributed by atoms with Gasteiger partial charge in [-0.1, -0.05) is 0 Å². The standard InChI is InChI=1S/C11H13IO4/c1-6-5-7(14-2)9(12)10(15-3)8(6)11(13)16-4/h5H,1-4H3. The number of esters is 1. The first-order valence-corrected chi connectivity index (χ1v) is 5.64. The van der Waals surface area contributed by atoms with Crippen molar-refractivity contribution in [3.63, 3.8) is 0 Å². The molecule has 0 aliphatic rings. The molecule has 0 bridgehead atoms. The summed E-state index contributed by atoms with van der Waals surface area (Å²) in [7, 11) is 4.44. The monoisotopic (exact) mass is 336 g/mol. The summed E-state index contributed by atoms with van der Waals surface area (Å²) >= 11 is 2.08. The molecule has 16 heavy (non-hydrogen) atoms. The minimum atomic E-state index is -0.407. The largest absolute Gasteiger partial charge is 0.495 e. The minimum absolute atomic E-state index is 0.407. The molecule has 0 amide bonds. The Labute approximate surface area is 108 Å². The molecule has 5 heteroatoms. The van der Waals surface area contributed by atoms with Crippen LogP contribution in [0.5, 0.6) is 11.5 Å². The molecular formula is C11H13IO4. The van der Waals surface area contributed by atoms with Crippen molar-refractivity contribution in [3.05, 3.63) is 20.8 Å². The van der Waals surface area contributed by atoms with Gasteiger partial charge in [-0.2, -0.15) is 0 Å². The number of halogens is 1. The zero-order valence-electron chi connectivity index (χ0n) is 9.59. The van der Waals surface area contributed by atoms with Gasteiger partial charge in [0.2, 0.25) is 0 Å². The van der Waals surface area contributed by atoms with E-state index < -0.39 is 5.97 Å². The number of benzene rings is 1. The predicted molar refractivity (Wildman–Crippen MR) is 68.3 cm³/mol. The molecule has 1 aromatic rings. The zero-order valence-corrected chi connectivity index (χ0v) is 11.7. The van der Waals surface area contributed by atoms with Crippen LogP contribution in [0.25, 0.3) is 0 Å². The van der Waals surface area contributed by atoms with E-state index in [1.54, 1.807) is 13.2 Å². The summed E-state index contributed by atoms with van der Waals surface area (Å²) in [6.45, 7) is 1.81. The highest BCUT2D eigenvalue weighted by atomic mass is 127. The van der Waals surface area contributed by atoms with Gasteiger partial charge in [0, 0.05) is 0 Å². The maximum Gasteiger partial charge on any atom is 0.341 e. The molecule has 0 unspecified atom stereocenters. The quantitative estimate of drug-likeness (QED) is 0.628. The molecule has 88 valence electrons. The third kappa shape index (κ3) is 2.23. The Hall–Kier alpha value is -0.980. The number of ether oxygens (including phenoxy) is 3. The molecule has 0 fully saturated rings. The van der Waals surface area contributed by atoms with Crippen molar-refractivity contribution in [1.29, 1.82) is 0 Å². The van der Waals surface area contributed by atoms with Crippen LogP contribution < -0.4 is 9.47 Å². The summed E-state index contributed by atoms with van der Waals surface area (Å²) in [4.78, 5) is 11.6. The summed E-state index contributed by atoms with van der Waals surface area (Å²) in [5, 5.41) is 0. The van der Waals surface area contributed by atoms with Gasteiger partial charge in [-0.15, -0.1) is 0 Å². The van der Waals surface area contributed by atoms with Crippen LogP contribution in [0.15, 0.2) is 6.07 Å². The molecule has 0 aromatic heterocycles. The summed E-state index contributed by atoms with van der Waals surface area (Å²) < 4.78 is 15.9. The molecular weight excluding hydrogens is 323 g/mol. The second kappa shape index (κ2) is 5.38. The summed E-state index contributed by atoms with van der Waals surface area (Å²) in [5.74, 6) is 0.766. The highest BCUT2D eigenvalue weighted by Crippen LogP contribution is 2.36. The first kappa shape index (κ1) is 13.1. The number of hydrogen-bond acceptors (Lipinski definition) is 4. The lowest BCUT2D eigenvalue weighted by Crippen LogP contribution is -2.08. The SMILES string of the molecule is COC(=O)c1c(C)cc(OC)c(I)c1OC. The Morgan fingerprint density at radius 3 is 2.31 bits per heavy atom. The molecule has 0 saturated heterocycles. The topological polar surface area (TPSA) is 44.8 Å². The van der Waals surface area contributed by atoms with Crippen LogP contribution in [0.4, 0.5) is 0 Å². The van der Waals surface area contributed by atoms with Crippen molar-refractivity contribution >= 4 is 28.6 Å². The maximum atomic E-state index is 11.6. The first-order valence-electron chi connectivity index (χ1n) is 4.56. The number of carbonyl (C=O) groups excluding carboxylic acids is 1. The van der Waals surface area contributed by atoms with Crippen molar-refractivity contribution in [2.24, 2.45) is 0 Å². The predicted octanol–water partition coefficient (Wildman–Crippen LogP) is 2.40. The van der Waals surface area contributed by atoms with Crippen molar-refractivity contribution in [3.8, 4) is 11.5 Å². The van der Waals surface area contributed by atoms with E-state index >= 15 is 0 Å². The fourth-order valence-corrected chi connectivity index (χ4v) is 2.29. The van der Waals surface area contributed by atoms with E-state index in [2.05, 4.69) is 22.6 Å². The van der Waals surface area contributed by atoms with Crippen molar-refractivity contribution < 1.29 is 19.0 Å². The Balaban J connectivity index is 3.49. The third-order valence-corrected chi connectivity index (χ3v) is 3.22. The molecule has 1 aromatic carbocycles. The van der Waals surface area contributed by atoms with E-state index in [9.17, 15) is 4.79 Å². The van der Waals surface area contributed by atoms with Crippen molar-refractivity contribution in [2.75, 3.05) is 21.3 Å². The number of hydrogen-bond donors (Lipinski definition) is 0. The zero-order chi connectivity index (χ0) is 12.3. The first-order chi connectivity index (χ1) is 7.56. The molecule has 0 aliphatic heterocycles. The Morgan fingerprint density at radius 2 is 1.88 bits per heavy atom. The van der Waals surface area contributed by atoms with Crippen LogP contribution >= 0.6 is 22.6 Å². The van der Waals surface area contributed by atoms with E-state index in [1.807, 2.05) is 6.92 Å². The van der Waals surface area contributed by atoms with Gasteiger partial charge in [-0.25, -0.2) is 4.79 Å². The molecule has 4 nitrogen and oxygen atoms in total. The molecule has 0 N–H and O–H groups in total. The third-order valence-electron chi connectivity index (χ3n) is 2.20. The van der Waals surface area contributed by atoms with E-state index in [0.717, 1.165) is 9.13 Å². The molecule has 0 saturated carbocycles. The van der Waals surface area contributed by atoms with E-state index in [4.69, 9.17) is 14.2 Å². The number of methoxy groups -OCH3 is 3. The summed E-state index contributed by atoms with van der Waals surface area (Å²) in [6, 6.07) is 1.79. The van der Waals surface area contributed by atoms with Gasteiger partial charge in [0.1, 0.15) is 11.3 Å². The smallest absolute Gasteiger partial charge is 0.341 e. The van der Waals surface area contributed by atoms with Crippen LogP contribution in [0.1, 0.15) is 15.9 Å². The molecule has 0 aliphatic carbocycles. The van der Waals surface area contributed by atoms with Crippen LogP contribution in [0.2, 0.25) is 0 Å². The highest BCUT2D eigenvalue weighted by molar-refractivity contribution is 14.1. The number of rotatable bonds is 3. The molecule has 0 heterocycles. The van der Waals surface area contributed by atoms with Gasteiger partial charge in [0.15, 0.2) is 5.75 Å². The number of aryl methyl sites for hydroxylation is 1. The van der Waals surface area contributed by atoms with Crippen molar-refractivity contribution in [1.82, 2.24) is 0 Å². The van der Waals surface area contributed by atoms with Crippen LogP contribution in [0, 0.1) is 10.5 Å². The molecule has 0 atom stereocenters. The fraction of sp³-hybridized carbons (Fsp3) is 0.364. The van der Waals surface area contributed by atoms with Gasteiger partial charge < -0.3 is 14.2 Å². The molecule has 0 spiro atoms. The van der Waals surface area contributed by atoms with Crippen LogP contribution in [-0.2, 0) is 4.74 Å². The van der Waals surface area contributed by atoms with Gasteiger partial charge in [-0.05, 0) is 41.1 Å². The summed E-state index contributed by atoms with van der Waals surface area (Å²) in [6.07, 6.45) is 0. The Bertz CT molecular complexity index is 415. The average molecular weight is 336 g/mol. The second-order valence-electron chi connectivity index (χ2n) is 3.11. The summed E-state index contributed by atoms with van der Waals surface area (Å²) in [5.41, 5.74) is 1.20. The minimum Gasteiger partial charge on any atom is -0.495 e. The van der Waals surface area contributed by atoms with E-state index in [0.29, 0.717) is 17.1 Å². The van der Waals surface area contributed by atoms with Gasteiger partial charge in [-0.3, -0.25) is 0 Å². The van der Waals surface area contributed by atoms with Crippen LogP contribution in [0.3, 0.4) is 0 Å². The van der Waals surface area contributed by atoms with E-state index in [-0.39, 0.29) is 0 Å². The lowest BCUT2D eigenvalue weighted by molar-refractivity contribution is 0.0596. The normalized spacial score (nSPS) is 9.81. The van der Waals surface area contributed by atoms with Crippen LogP contribution in [-0.4, -0.2) is 27.3 Å². The van der Waals surface area contributed by atoms with Crippen molar-refractivity contribution in [2.45, 2.75) is 6.92 Å². The molecule has 1 rings (SSSR count). The lowest BCUT2D eigenvalue weighted by atomic mass is 10.1. The number of carbonyl (C=O) groups is 1. The second-order valence-corrected chi connectivity index (χ2v) is 4.19. The lowest BCUT2D eigenvalue weighted by Gasteiger charge is -2.14. The Morgan fingerprint density at radius 1 is 1.25 bits per heavy atom. The average Bonchev–Trinajstić information content (AvgIpc) is 2.29. The van der Waals surface area contributed by atoms with E-state index in [1.165, 1.54) is 14.2 Å².